The highest BCUT2D eigenvalue weighted by molar-refractivity contribution is 5.99. The van der Waals surface area contributed by atoms with Crippen LogP contribution in [0.4, 0.5) is 0 Å². The van der Waals surface area contributed by atoms with E-state index in [9.17, 15) is 9.59 Å². The molecule has 0 radical (unpaired) electrons. The fourth-order valence-electron chi connectivity index (χ4n) is 3.81. The first-order valence-corrected chi connectivity index (χ1v) is 11.7. The number of nitrogens with one attached hydrogen (secondary N) is 2. The van der Waals surface area contributed by atoms with Crippen LogP contribution in [0.5, 0.6) is 17.2 Å². The molecular formula is C30H28N2O5. The predicted octanol–water partition coefficient (Wildman–Crippen LogP) is 5.14. The third-order valence-electron chi connectivity index (χ3n) is 5.69. The molecule has 0 spiro atoms. The third kappa shape index (κ3) is 6.46. The van der Waals surface area contributed by atoms with Crippen LogP contribution >= 0.6 is 0 Å². The van der Waals surface area contributed by atoms with Gasteiger partial charge in [0.1, 0.15) is 30.0 Å². The number of carbonyl (C=O) groups is 2. The van der Waals surface area contributed by atoms with Gasteiger partial charge in [0.15, 0.2) is 0 Å². The minimum atomic E-state index is -0.866. The van der Waals surface area contributed by atoms with Gasteiger partial charge in [-0.25, -0.2) is 0 Å². The molecule has 0 saturated heterocycles. The Morgan fingerprint density at radius 1 is 0.676 bits per heavy atom. The van der Waals surface area contributed by atoms with E-state index in [0.29, 0.717) is 40.5 Å². The number of hydrogen-bond donors (Lipinski definition) is 2. The Bertz CT molecular complexity index is 1300. The fraction of sp³-hybridized carbons (Fsp3) is 0.133. The van der Waals surface area contributed by atoms with E-state index in [1.165, 1.54) is 14.2 Å². The second kappa shape index (κ2) is 12.3. The number of carbonyl (C=O) groups excluding carboxylic acids is 2. The molecule has 0 atom stereocenters. The third-order valence-corrected chi connectivity index (χ3v) is 5.69. The topological polar surface area (TPSA) is 85.9 Å². The Morgan fingerprint density at radius 3 is 1.78 bits per heavy atom. The standard InChI is InChI=1S/C30H28N2O5/c1-35-26-17-8-6-15-24(26)29(33)31-28(32-30(34)25-16-7-9-18-27(25)36-2)22-13-10-14-23(19-22)37-20-21-11-4-3-5-12-21/h3-19,28H,20H2,1-2H3,(H,31,33)(H,32,34). The van der Waals surface area contributed by atoms with Gasteiger partial charge in [0.2, 0.25) is 0 Å². The maximum atomic E-state index is 13.2. The maximum Gasteiger partial charge on any atom is 0.256 e. The van der Waals surface area contributed by atoms with Crippen molar-refractivity contribution < 1.29 is 23.8 Å². The number of ether oxygens (including phenoxy) is 3. The lowest BCUT2D eigenvalue weighted by molar-refractivity contribution is 0.0880. The van der Waals surface area contributed by atoms with Crippen molar-refractivity contribution in [2.75, 3.05) is 14.2 Å². The summed E-state index contributed by atoms with van der Waals surface area (Å²) in [5, 5.41) is 5.83. The Kier molecular flexibility index (Phi) is 8.39. The molecule has 4 rings (SSSR count). The minimum absolute atomic E-state index is 0.345. The quantitative estimate of drug-likeness (QED) is 0.297. The van der Waals surface area contributed by atoms with Gasteiger partial charge in [0.25, 0.3) is 11.8 Å². The number of para-hydroxylation sites is 2. The predicted molar refractivity (Wildman–Crippen MR) is 141 cm³/mol. The second-order valence-electron chi connectivity index (χ2n) is 8.13. The van der Waals surface area contributed by atoms with Crippen molar-refractivity contribution in [1.82, 2.24) is 10.6 Å². The van der Waals surface area contributed by atoms with Crippen LogP contribution in [-0.4, -0.2) is 26.0 Å². The van der Waals surface area contributed by atoms with E-state index in [1.54, 1.807) is 54.6 Å². The molecule has 2 amide bonds. The minimum Gasteiger partial charge on any atom is -0.496 e. The molecule has 0 saturated carbocycles. The van der Waals surface area contributed by atoms with Crippen molar-refractivity contribution in [3.8, 4) is 17.2 Å². The molecule has 37 heavy (non-hydrogen) atoms. The van der Waals surface area contributed by atoms with Crippen LogP contribution in [0.1, 0.15) is 38.0 Å². The monoisotopic (exact) mass is 496 g/mol. The molecule has 7 nitrogen and oxygen atoms in total. The molecule has 4 aromatic carbocycles. The molecule has 4 aromatic rings. The SMILES string of the molecule is COc1ccccc1C(=O)NC(NC(=O)c1ccccc1OC)c1cccc(OCc2ccccc2)c1. The van der Waals surface area contributed by atoms with Gasteiger partial charge in [-0.2, -0.15) is 0 Å². The van der Waals surface area contributed by atoms with Crippen LogP contribution in [0, 0.1) is 0 Å². The van der Waals surface area contributed by atoms with E-state index in [1.807, 2.05) is 48.5 Å². The van der Waals surface area contributed by atoms with E-state index in [0.717, 1.165) is 5.56 Å². The number of methoxy groups -OCH3 is 2. The van der Waals surface area contributed by atoms with Crippen molar-refractivity contribution in [2.45, 2.75) is 12.8 Å². The second-order valence-corrected chi connectivity index (χ2v) is 8.13. The van der Waals surface area contributed by atoms with Crippen molar-refractivity contribution in [3.05, 3.63) is 125 Å². The zero-order chi connectivity index (χ0) is 26.0. The largest absolute Gasteiger partial charge is 0.496 e. The van der Waals surface area contributed by atoms with Crippen molar-refractivity contribution in [3.63, 3.8) is 0 Å². The Labute approximate surface area is 216 Å². The summed E-state index contributed by atoms with van der Waals surface area (Å²) in [5.74, 6) is 0.644. The lowest BCUT2D eigenvalue weighted by Crippen LogP contribution is -2.41. The Hall–Kier alpha value is -4.78. The van der Waals surface area contributed by atoms with E-state index in [2.05, 4.69) is 10.6 Å². The van der Waals surface area contributed by atoms with Gasteiger partial charge in [-0.15, -0.1) is 0 Å². The summed E-state index contributed by atoms with van der Waals surface area (Å²) in [4.78, 5) is 26.5. The molecule has 0 aliphatic rings. The first-order chi connectivity index (χ1) is 18.1. The number of amides is 2. The highest BCUT2D eigenvalue weighted by Gasteiger charge is 2.22. The van der Waals surface area contributed by atoms with E-state index >= 15 is 0 Å². The van der Waals surface area contributed by atoms with Gasteiger partial charge >= 0.3 is 0 Å². The van der Waals surface area contributed by atoms with Gasteiger partial charge in [-0.1, -0.05) is 66.7 Å². The molecule has 2 N–H and O–H groups in total. The maximum absolute atomic E-state index is 13.2. The van der Waals surface area contributed by atoms with Gasteiger partial charge in [0.05, 0.1) is 25.3 Å². The zero-order valence-corrected chi connectivity index (χ0v) is 20.6. The molecule has 0 bridgehead atoms. The molecule has 0 aromatic heterocycles. The summed E-state index contributed by atoms with van der Waals surface area (Å²) in [6.07, 6.45) is -0.866. The Morgan fingerprint density at radius 2 is 1.22 bits per heavy atom. The van der Waals surface area contributed by atoms with Crippen LogP contribution in [0.3, 0.4) is 0 Å². The molecule has 0 unspecified atom stereocenters. The van der Waals surface area contributed by atoms with E-state index in [4.69, 9.17) is 14.2 Å². The Balaban J connectivity index is 1.61. The normalized spacial score (nSPS) is 10.5. The van der Waals surface area contributed by atoms with Gasteiger partial charge in [0, 0.05) is 0 Å². The van der Waals surface area contributed by atoms with E-state index < -0.39 is 18.0 Å². The van der Waals surface area contributed by atoms with Gasteiger partial charge in [-0.05, 0) is 47.5 Å². The van der Waals surface area contributed by atoms with Crippen molar-refractivity contribution in [2.24, 2.45) is 0 Å². The summed E-state index contributed by atoms with van der Waals surface area (Å²) in [6.45, 7) is 0.385. The molecule has 0 aliphatic heterocycles. The number of benzene rings is 4. The summed E-state index contributed by atoms with van der Waals surface area (Å²) in [5.41, 5.74) is 2.35. The molecule has 0 aliphatic carbocycles. The number of hydrogen-bond acceptors (Lipinski definition) is 5. The highest BCUT2D eigenvalue weighted by Crippen LogP contribution is 2.24. The number of rotatable bonds is 10. The van der Waals surface area contributed by atoms with Crippen LogP contribution < -0.4 is 24.8 Å². The first-order valence-electron chi connectivity index (χ1n) is 11.7. The molecule has 7 heteroatoms. The van der Waals surface area contributed by atoms with Crippen molar-refractivity contribution in [1.29, 1.82) is 0 Å². The lowest BCUT2D eigenvalue weighted by atomic mass is 10.1. The fourth-order valence-corrected chi connectivity index (χ4v) is 3.81. The first kappa shape index (κ1) is 25.3. The summed E-state index contributed by atoms with van der Waals surface area (Å²) in [6, 6.07) is 30.8. The van der Waals surface area contributed by atoms with Crippen LogP contribution in [-0.2, 0) is 6.61 Å². The van der Waals surface area contributed by atoms with Crippen molar-refractivity contribution >= 4 is 11.8 Å². The highest BCUT2D eigenvalue weighted by atomic mass is 16.5. The average molecular weight is 497 g/mol. The molecular weight excluding hydrogens is 468 g/mol. The van der Waals surface area contributed by atoms with Crippen LogP contribution in [0.2, 0.25) is 0 Å². The average Bonchev–Trinajstić information content (AvgIpc) is 2.96. The van der Waals surface area contributed by atoms with Gasteiger partial charge < -0.3 is 24.8 Å². The summed E-state index contributed by atoms with van der Waals surface area (Å²) < 4.78 is 16.7. The summed E-state index contributed by atoms with van der Waals surface area (Å²) in [7, 11) is 3.00. The molecule has 0 fully saturated rings. The van der Waals surface area contributed by atoms with Gasteiger partial charge in [-0.3, -0.25) is 9.59 Å². The molecule has 188 valence electrons. The lowest BCUT2D eigenvalue weighted by Gasteiger charge is -2.22. The van der Waals surface area contributed by atoms with Crippen LogP contribution in [0.25, 0.3) is 0 Å². The molecule has 0 heterocycles. The zero-order valence-electron chi connectivity index (χ0n) is 20.6. The van der Waals surface area contributed by atoms with Crippen LogP contribution in [0.15, 0.2) is 103 Å². The van der Waals surface area contributed by atoms with E-state index in [-0.39, 0.29) is 0 Å². The smallest absolute Gasteiger partial charge is 0.256 e. The summed E-state index contributed by atoms with van der Waals surface area (Å²) >= 11 is 0.